The van der Waals surface area contributed by atoms with Crippen molar-refractivity contribution >= 4 is 0 Å². The van der Waals surface area contributed by atoms with Gasteiger partial charge in [0.05, 0.1) is 18.3 Å². The van der Waals surface area contributed by atoms with Crippen molar-refractivity contribution in [1.82, 2.24) is 9.78 Å². The van der Waals surface area contributed by atoms with Crippen molar-refractivity contribution in [3.63, 3.8) is 0 Å². The van der Waals surface area contributed by atoms with Gasteiger partial charge in [-0.15, -0.1) is 0 Å². The zero-order valence-electron chi connectivity index (χ0n) is 9.77. The van der Waals surface area contributed by atoms with E-state index in [1.807, 2.05) is 10.9 Å². The van der Waals surface area contributed by atoms with E-state index in [1.54, 1.807) is 0 Å². The number of hydrogen-bond acceptors (Lipinski definition) is 3. The van der Waals surface area contributed by atoms with Crippen LogP contribution < -0.4 is 5.73 Å². The monoisotopic (exact) mass is 211 g/mol. The molecule has 0 fully saturated rings. The molecule has 86 valence electrons. The van der Waals surface area contributed by atoms with Gasteiger partial charge < -0.3 is 10.8 Å². The van der Waals surface area contributed by atoms with Gasteiger partial charge in [0.25, 0.3) is 0 Å². The van der Waals surface area contributed by atoms with Crippen LogP contribution in [0.3, 0.4) is 0 Å². The lowest BCUT2D eigenvalue weighted by Crippen LogP contribution is -2.15. The van der Waals surface area contributed by atoms with E-state index in [9.17, 15) is 0 Å². The van der Waals surface area contributed by atoms with Crippen molar-refractivity contribution in [2.75, 3.05) is 6.61 Å². The van der Waals surface area contributed by atoms with Gasteiger partial charge in [0.1, 0.15) is 0 Å². The maximum absolute atomic E-state index is 9.07. The van der Waals surface area contributed by atoms with Crippen molar-refractivity contribution in [3.8, 4) is 0 Å². The number of aryl methyl sites for hydroxylation is 1. The first-order valence-corrected chi connectivity index (χ1v) is 5.53. The standard InChI is InChI=1S/C11H21N3O/c1-4-5-14-6-9(10(12)7-15)11(13-14)8(2)3/h6,8,10,15H,4-5,7,12H2,1-3H3. The second-order valence-corrected chi connectivity index (χ2v) is 4.18. The minimum Gasteiger partial charge on any atom is -0.394 e. The first-order chi connectivity index (χ1) is 7.10. The second kappa shape index (κ2) is 5.28. The average molecular weight is 211 g/mol. The van der Waals surface area contributed by atoms with E-state index in [4.69, 9.17) is 10.8 Å². The molecule has 1 aromatic rings. The van der Waals surface area contributed by atoms with Crippen LogP contribution in [0.2, 0.25) is 0 Å². The Morgan fingerprint density at radius 3 is 2.67 bits per heavy atom. The lowest BCUT2D eigenvalue weighted by Gasteiger charge is -2.09. The fraction of sp³-hybridized carbons (Fsp3) is 0.727. The minimum atomic E-state index is -0.312. The lowest BCUT2D eigenvalue weighted by molar-refractivity contribution is 0.267. The number of aliphatic hydroxyl groups is 1. The van der Waals surface area contributed by atoms with Gasteiger partial charge in [0.15, 0.2) is 0 Å². The quantitative estimate of drug-likeness (QED) is 0.774. The molecule has 1 atom stereocenters. The normalized spacial score (nSPS) is 13.5. The van der Waals surface area contributed by atoms with Gasteiger partial charge >= 0.3 is 0 Å². The molecule has 4 nitrogen and oxygen atoms in total. The first-order valence-electron chi connectivity index (χ1n) is 5.53. The molecule has 15 heavy (non-hydrogen) atoms. The largest absolute Gasteiger partial charge is 0.394 e. The average Bonchev–Trinajstić information content (AvgIpc) is 2.61. The summed E-state index contributed by atoms with van der Waals surface area (Å²) in [5.41, 5.74) is 7.82. The Balaban J connectivity index is 3.00. The highest BCUT2D eigenvalue weighted by Gasteiger charge is 2.17. The van der Waals surface area contributed by atoms with Gasteiger partial charge in [0, 0.05) is 18.3 Å². The van der Waals surface area contributed by atoms with Crippen molar-refractivity contribution < 1.29 is 5.11 Å². The van der Waals surface area contributed by atoms with Crippen LogP contribution in [0.5, 0.6) is 0 Å². The highest BCUT2D eigenvalue weighted by atomic mass is 16.3. The molecule has 0 saturated carbocycles. The number of nitrogens with two attached hydrogens (primary N) is 1. The van der Waals surface area contributed by atoms with Crippen molar-refractivity contribution in [2.45, 2.75) is 45.7 Å². The molecule has 1 heterocycles. The van der Waals surface area contributed by atoms with E-state index in [2.05, 4.69) is 25.9 Å². The predicted octanol–water partition coefficient (Wildman–Crippen LogP) is 1.41. The molecule has 0 bridgehead atoms. The van der Waals surface area contributed by atoms with Crippen LogP contribution >= 0.6 is 0 Å². The van der Waals surface area contributed by atoms with Crippen LogP contribution in [0.15, 0.2) is 6.20 Å². The highest BCUT2D eigenvalue weighted by Crippen LogP contribution is 2.22. The molecule has 0 aromatic carbocycles. The molecule has 0 amide bonds. The molecule has 0 aliphatic carbocycles. The van der Waals surface area contributed by atoms with Gasteiger partial charge in [0.2, 0.25) is 0 Å². The molecule has 0 spiro atoms. The van der Waals surface area contributed by atoms with Crippen LogP contribution in [0.1, 0.15) is 50.4 Å². The molecule has 1 unspecified atom stereocenters. The summed E-state index contributed by atoms with van der Waals surface area (Å²) in [5, 5.41) is 13.6. The maximum atomic E-state index is 9.07. The van der Waals surface area contributed by atoms with Crippen molar-refractivity contribution in [1.29, 1.82) is 0 Å². The fourth-order valence-corrected chi connectivity index (χ4v) is 1.63. The summed E-state index contributed by atoms with van der Waals surface area (Å²) >= 11 is 0. The fourth-order valence-electron chi connectivity index (χ4n) is 1.63. The van der Waals surface area contributed by atoms with E-state index >= 15 is 0 Å². The molecule has 3 N–H and O–H groups in total. The molecule has 0 aliphatic rings. The van der Waals surface area contributed by atoms with Gasteiger partial charge in [-0.05, 0) is 12.3 Å². The van der Waals surface area contributed by atoms with Crippen LogP contribution in [0, 0.1) is 0 Å². The third-order valence-electron chi connectivity index (χ3n) is 2.42. The maximum Gasteiger partial charge on any atom is 0.0698 e. The zero-order valence-corrected chi connectivity index (χ0v) is 9.77. The molecular weight excluding hydrogens is 190 g/mol. The number of nitrogens with zero attached hydrogens (tertiary/aromatic N) is 2. The molecule has 1 aromatic heterocycles. The topological polar surface area (TPSA) is 64.1 Å². The van der Waals surface area contributed by atoms with Crippen LogP contribution in [0.25, 0.3) is 0 Å². The van der Waals surface area contributed by atoms with E-state index in [1.165, 1.54) is 0 Å². The Labute approximate surface area is 91.1 Å². The van der Waals surface area contributed by atoms with E-state index in [0.29, 0.717) is 5.92 Å². The summed E-state index contributed by atoms with van der Waals surface area (Å²) in [4.78, 5) is 0. The Hall–Kier alpha value is -0.870. The SMILES string of the molecule is CCCn1cc(C(N)CO)c(C(C)C)n1. The van der Waals surface area contributed by atoms with Gasteiger partial charge in [-0.3, -0.25) is 4.68 Å². The van der Waals surface area contributed by atoms with Gasteiger partial charge in [-0.2, -0.15) is 5.10 Å². The molecule has 0 radical (unpaired) electrons. The molecule has 4 heteroatoms. The molecule has 0 aliphatic heterocycles. The van der Waals surface area contributed by atoms with Crippen LogP contribution in [-0.2, 0) is 6.54 Å². The van der Waals surface area contributed by atoms with Gasteiger partial charge in [-0.1, -0.05) is 20.8 Å². The number of aromatic nitrogens is 2. The molecular formula is C11H21N3O. The molecule has 0 saturated heterocycles. The smallest absolute Gasteiger partial charge is 0.0698 e. The molecule has 1 rings (SSSR count). The summed E-state index contributed by atoms with van der Waals surface area (Å²) in [5.74, 6) is 0.343. The number of hydrogen-bond donors (Lipinski definition) is 2. The van der Waals surface area contributed by atoms with Crippen molar-refractivity contribution in [2.24, 2.45) is 5.73 Å². The Morgan fingerprint density at radius 2 is 2.20 bits per heavy atom. The van der Waals surface area contributed by atoms with Crippen LogP contribution in [0.4, 0.5) is 0 Å². The summed E-state index contributed by atoms with van der Waals surface area (Å²) in [6.07, 6.45) is 3.01. The second-order valence-electron chi connectivity index (χ2n) is 4.18. The number of aliphatic hydroxyl groups excluding tert-OH is 1. The minimum absolute atomic E-state index is 0.0302. The van der Waals surface area contributed by atoms with E-state index in [0.717, 1.165) is 24.2 Å². The lowest BCUT2D eigenvalue weighted by atomic mass is 10.0. The Morgan fingerprint density at radius 1 is 1.53 bits per heavy atom. The number of rotatable bonds is 5. The highest BCUT2D eigenvalue weighted by molar-refractivity contribution is 5.23. The zero-order chi connectivity index (χ0) is 11.4. The van der Waals surface area contributed by atoms with E-state index in [-0.39, 0.29) is 12.6 Å². The first kappa shape index (κ1) is 12.2. The van der Waals surface area contributed by atoms with E-state index < -0.39 is 0 Å². The van der Waals surface area contributed by atoms with Gasteiger partial charge in [-0.25, -0.2) is 0 Å². The van der Waals surface area contributed by atoms with Crippen LogP contribution in [-0.4, -0.2) is 21.5 Å². The summed E-state index contributed by atoms with van der Waals surface area (Å²) < 4.78 is 1.92. The summed E-state index contributed by atoms with van der Waals surface area (Å²) in [6.45, 7) is 7.16. The van der Waals surface area contributed by atoms with Crippen molar-refractivity contribution in [3.05, 3.63) is 17.5 Å². The third-order valence-corrected chi connectivity index (χ3v) is 2.42. The summed E-state index contributed by atoms with van der Waals surface area (Å²) in [6, 6.07) is -0.312. The summed E-state index contributed by atoms with van der Waals surface area (Å²) in [7, 11) is 0. The predicted molar refractivity (Wildman–Crippen MR) is 60.6 cm³/mol. The Bertz CT molecular complexity index is 307. The third kappa shape index (κ3) is 2.79. The Kier molecular flexibility index (Phi) is 4.29.